The van der Waals surface area contributed by atoms with Gasteiger partial charge in [0.05, 0.1) is 27.8 Å². The Bertz CT molecular complexity index is 1180. The van der Waals surface area contributed by atoms with Crippen LogP contribution in [0.1, 0.15) is 22.9 Å². The highest BCUT2D eigenvalue weighted by molar-refractivity contribution is 5.86. The normalized spacial score (nSPS) is 13.2. The van der Waals surface area contributed by atoms with Crippen LogP contribution < -0.4 is 5.32 Å². The standard InChI is InChI=1S/C19H13F6N3O4/c20-18(21,22)12-3-1-2-10-11(7-16(19(23,24)25)27-17(10)12)15(30)8-26-13-6-9(28(31)32)4-5-14(13)29/h1-7,15,26,29-30H,8H2. The molecule has 0 aliphatic rings. The quantitative estimate of drug-likeness (QED) is 0.213. The largest absolute Gasteiger partial charge is 0.506 e. The van der Waals surface area contributed by atoms with Crippen molar-refractivity contribution in [2.45, 2.75) is 18.5 Å². The van der Waals surface area contributed by atoms with Crippen molar-refractivity contribution < 1.29 is 41.5 Å². The van der Waals surface area contributed by atoms with Crippen molar-refractivity contribution in [3.63, 3.8) is 0 Å². The van der Waals surface area contributed by atoms with Crippen LogP contribution in [0.5, 0.6) is 5.75 Å². The van der Waals surface area contributed by atoms with E-state index in [1.54, 1.807) is 0 Å². The van der Waals surface area contributed by atoms with E-state index in [-0.39, 0.29) is 11.1 Å². The zero-order chi connectivity index (χ0) is 23.8. The van der Waals surface area contributed by atoms with E-state index in [0.717, 1.165) is 30.3 Å². The van der Waals surface area contributed by atoms with Crippen LogP contribution in [0.25, 0.3) is 10.9 Å². The van der Waals surface area contributed by atoms with Crippen molar-refractivity contribution in [2.24, 2.45) is 0 Å². The number of hydrogen-bond donors (Lipinski definition) is 3. The number of rotatable bonds is 5. The molecular formula is C19H13F6N3O4. The summed E-state index contributed by atoms with van der Waals surface area (Å²) in [5, 5.41) is 33.2. The fraction of sp³-hybridized carbons (Fsp3) is 0.211. The molecule has 32 heavy (non-hydrogen) atoms. The summed E-state index contributed by atoms with van der Waals surface area (Å²) in [6.07, 6.45) is -11.9. The van der Waals surface area contributed by atoms with Gasteiger partial charge in [0.2, 0.25) is 0 Å². The summed E-state index contributed by atoms with van der Waals surface area (Å²) in [7, 11) is 0. The third-order valence-electron chi connectivity index (χ3n) is 4.50. The van der Waals surface area contributed by atoms with Gasteiger partial charge in [0.1, 0.15) is 11.4 Å². The number of non-ortho nitro benzene ring substituents is 1. The third kappa shape index (κ3) is 4.66. The molecule has 1 unspecified atom stereocenters. The Morgan fingerprint density at radius 2 is 1.75 bits per heavy atom. The molecule has 0 fully saturated rings. The zero-order valence-electron chi connectivity index (χ0n) is 15.7. The minimum atomic E-state index is -5.09. The molecule has 0 aliphatic heterocycles. The number of nitro benzene ring substituents is 1. The lowest BCUT2D eigenvalue weighted by molar-refractivity contribution is -0.384. The van der Waals surface area contributed by atoms with Crippen LogP contribution in [-0.4, -0.2) is 26.7 Å². The Hall–Kier alpha value is -3.61. The number of benzene rings is 2. The highest BCUT2D eigenvalue weighted by Crippen LogP contribution is 2.39. The van der Waals surface area contributed by atoms with Gasteiger partial charge in [-0.15, -0.1) is 0 Å². The Labute approximate surface area is 175 Å². The summed E-state index contributed by atoms with van der Waals surface area (Å²) in [6, 6.07) is 5.98. The number of nitro groups is 1. The highest BCUT2D eigenvalue weighted by Gasteiger charge is 2.38. The fourth-order valence-electron chi connectivity index (χ4n) is 3.02. The van der Waals surface area contributed by atoms with E-state index in [9.17, 15) is 46.7 Å². The average Bonchev–Trinajstić information content (AvgIpc) is 2.70. The first-order valence-electron chi connectivity index (χ1n) is 8.76. The van der Waals surface area contributed by atoms with E-state index in [4.69, 9.17) is 0 Å². The maximum Gasteiger partial charge on any atom is 0.433 e. The topological polar surface area (TPSA) is 109 Å². The van der Waals surface area contributed by atoms with Crippen molar-refractivity contribution in [2.75, 3.05) is 11.9 Å². The van der Waals surface area contributed by atoms with E-state index in [2.05, 4.69) is 10.3 Å². The second-order valence-electron chi connectivity index (χ2n) is 6.65. The monoisotopic (exact) mass is 461 g/mol. The Morgan fingerprint density at radius 3 is 2.34 bits per heavy atom. The van der Waals surface area contributed by atoms with Crippen LogP contribution >= 0.6 is 0 Å². The predicted molar refractivity (Wildman–Crippen MR) is 100.0 cm³/mol. The number of aliphatic hydroxyl groups excluding tert-OH is 1. The van der Waals surface area contributed by atoms with Crippen LogP contribution in [-0.2, 0) is 12.4 Å². The summed E-state index contributed by atoms with van der Waals surface area (Å²) in [6.45, 7) is -0.582. The van der Waals surface area contributed by atoms with E-state index < -0.39 is 63.7 Å². The molecule has 1 atom stereocenters. The van der Waals surface area contributed by atoms with E-state index >= 15 is 0 Å². The molecule has 0 spiro atoms. The summed E-state index contributed by atoms with van der Waals surface area (Å²) in [5.41, 5.74) is -5.13. The number of nitrogens with zero attached hydrogens (tertiary/aromatic N) is 2. The number of pyridine rings is 1. The van der Waals surface area contributed by atoms with Crippen molar-refractivity contribution >= 4 is 22.3 Å². The zero-order valence-corrected chi connectivity index (χ0v) is 15.7. The van der Waals surface area contributed by atoms with Gasteiger partial charge in [-0.2, -0.15) is 26.3 Å². The molecule has 3 rings (SSSR count). The Morgan fingerprint density at radius 1 is 1.06 bits per heavy atom. The summed E-state index contributed by atoms with van der Waals surface area (Å²) in [4.78, 5) is 13.2. The van der Waals surface area contributed by atoms with E-state index in [1.165, 1.54) is 0 Å². The number of para-hydroxylation sites is 1. The molecule has 0 saturated heterocycles. The molecule has 3 N–H and O–H groups in total. The lowest BCUT2D eigenvalue weighted by atomic mass is 9.99. The molecule has 1 aromatic heterocycles. The summed E-state index contributed by atoms with van der Waals surface area (Å²) < 4.78 is 79.8. The molecule has 13 heteroatoms. The van der Waals surface area contributed by atoms with Crippen LogP contribution in [0.2, 0.25) is 0 Å². The van der Waals surface area contributed by atoms with Gasteiger partial charge in [-0.25, -0.2) is 4.98 Å². The van der Waals surface area contributed by atoms with Gasteiger partial charge in [-0.05, 0) is 23.8 Å². The number of phenolic OH excluding ortho intramolecular Hbond substituents is 1. The third-order valence-corrected chi connectivity index (χ3v) is 4.50. The summed E-state index contributed by atoms with van der Waals surface area (Å²) >= 11 is 0. The molecule has 7 nitrogen and oxygen atoms in total. The number of hydrogen-bond acceptors (Lipinski definition) is 6. The number of halogens is 6. The van der Waals surface area contributed by atoms with Crippen LogP contribution in [0, 0.1) is 10.1 Å². The first-order valence-corrected chi connectivity index (χ1v) is 8.76. The molecule has 0 amide bonds. The van der Waals surface area contributed by atoms with Crippen molar-refractivity contribution in [1.29, 1.82) is 0 Å². The SMILES string of the molecule is O=[N+]([O-])c1ccc(O)c(NCC(O)c2cc(C(F)(F)F)nc3c(C(F)(F)F)cccc23)c1. The molecular weight excluding hydrogens is 448 g/mol. The minimum Gasteiger partial charge on any atom is -0.506 e. The fourth-order valence-corrected chi connectivity index (χ4v) is 3.02. The first kappa shape index (κ1) is 23.1. The van der Waals surface area contributed by atoms with Gasteiger partial charge >= 0.3 is 12.4 Å². The maximum absolute atomic E-state index is 13.3. The van der Waals surface area contributed by atoms with Gasteiger partial charge in [0.25, 0.3) is 5.69 Å². The molecule has 2 aromatic carbocycles. The second-order valence-corrected chi connectivity index (χ2v) is 6.65. The van der Waals surface area contributed by atoms with Crippen LogP contribution in [0.15, 0.2) is 42.5 Å². The minimum absolute atomic E-state index is 0.205. The molecule has 0 radical (unpaired) electrons. The maximum atomic E-state index is 13.3. The smallest absolute Gasteiger partial charge is 0.433 e. The molecule has 0 bridgehead atoms. The predicted octanol–water partition coefficient (Wildman–Crippen LogP) is 5.03. The molecule has 0 saturated carbocycles. The van der Waals surface area contributed by atoms with Gasteiger partial charge in [-0.3, -0.25) is 10.1 Å². The van der Waals surface area contributed by atoms with Gasteiger partial charge < -0.3 is 15.5 Å². The number of aromatic hydroxyl groups is 1. The van der Waals surface area contributed by atoms with E-state index in [0.29, 0.717) is 12.1 Å². The Balaban J connectivity index is 2.06. The lowest BCUT2D eigenvalue weighted by Crippen LogP contribution is -2.17. The number of phenols is 1. The first-order chi connectivity index (χ1) is 14.8. The van der Waals surface area contributed by atoms with Crippen molar-refractivity contribution in [3.8, 4) is 5.75 Å². The van der Waals surface area contributed by atoms with Crippen LogP contribution in [0.3, 0.4) is 0 Å². The van der Waals surface area contributed by atoms with E-state index in [1.807, 2.05) is 0 Å². The molecule has 0 aliphatic carbocycles. The van der Waals surface area contributed by atoms with Crippen molar-refractivity contribution in [1.82, 2.24) is 4.98 Å². The molecule has 3 aromatic rings. The number of nitrogens with one attached hydrogen (secondary N) is 1. The number of aromatic nitrogens is 1. The van der Waals surface area contributed by atoms with Gasteiger partial charge in [-0.1, -0.05) is 12.1 Å². The average molecular weight is 461 g/mol. The Kier molecular flexibility index (Phi) is 5.87. The van der Waals surface area contributed by atoms with Crippen LogP contribution in [0.4, 0.5) is 37.7 Å². The number of anilines is 1. The summed E-state index contributed by atoms with van der Waals surface area (Å²) in [5.74, 6) is -0.447. The highest BCUT2D eigenvalue weighted by atomic mass is 19.4. The molecule has 170 valence electrons. The second kappa shape index (κ2) is 8.15. The number of aliphatic hydroxyl groups is 1. The van der Waals surface area contributed by atoms with Crippen molar-refractivity contribution in [3.05, 3.63) is 69.4 Å². The molecule has 1 heterocycles. The van der Waals surface area contributed by atoms with Gasteiger partial charge in [0.15, 0.2) is 0 Å². The lowest BCUT2D eigenvalue weighted by Gasteiger charge is -2.19. The number of fused-ring (bicyclic) bond motifs is 1. The number of alkyl halides is 6. The van der Waals surface area contributed by atoms with Gasteiger partial charge in [0, 0.05) is 24.1 Å².